The monoisotopic (exact) mass is 417 g/mol. The number of carbonyl (C=O) groups excluding carboxylic acids is 2. The second kappa shape index (κ2) is 9.13. The van der Waals surface area contributed by atoms with Crippen LogP contribution in [0, 0.1) is 0 Å². The van der Waals surface area contributed by atoms with Crippen molar-refractivity contribution in [2.45, 2.75) is 6.61 Å². The molecule has 0 radical (unpaired) electrons. The lowest BCUT2D eigenvalue weighted by Gasteiger charge is -2.10. The molecule has 0 aliphatic rings. The molecule has 0 bridgehead atoms. The largest absolute Gasteiger partial charge is 0.484 e. The van der Waals surface area contributed by atoms with Gasteiger partial charge in [0.25, 0.3) is 5.91 Å². The smallest absolute Gasteiger partial charge is 0.336 e. The Morgan fingerprint density at radius 1 is 0.935 bits per heavy atom. The molecule has 0 saturated carbocycles. The Morgan fingerprint density at radius 3 is 2.55 bits per heavy atom. The van der Waals surface area contributed by atoms with Crippen LogP contribution in [0.3, 0.4) is 0 Å². The van der Waals surface area contributed by atoms with Crippen LogP contribution in [0.2, 0.25) is 0 Å². The Kier molecular flexibility index (Phi) is 5.93. The predicted octanol–water partition coefficient (Wildman–Crippen LogP) is 3.18. The highest BCUT2D eigenvalue weighted by Crippen LogP contribution is 2.27. The van der Waals surface area contributed by atoms with E-state index in [2.05, 4.69) is 5.32 Å². The molecule has 0 unspecified atom stereocenters. The maximum Gasteiger partial charge on any atom is 0.336 e. The van der Waals surface area contributed by atoms with Gasteiger partial charge in [0, 0.05) is 17.0 Å². The van der Waals surface area contributed by atoms with Crippen molar-refractivity contribution in [3.63, 3.8) is 0 Å². The number of carbonyl (C=O) groups is 2. The number of hydrogen-bond acceptors (Lipinski definition) is 6. The van der Waals surface area contributed by atoms with Crippen molar-refractivity contribution in [1.29, 1.82) is 0 Å². The summed E-state index contributed by atoms with van der Waals surface area (Å²) < 4.78 is 15.9. The van der Waals surface area contributed by atoms with Gasteiger partial charge < -0.3 is 19.2 Å². The molecule has 0 aliphatic heterocycles. The number of benzene rings is 3. The summed E-state index contributed by atoms with van der Waals surface area (Å²) in [5.41, 5.74) is 0.430. The van der Waals surface area contributed by atoms with Crippen molar-refractivity contribution >= 4 is 33.6 Å². The summed E-state index contributed by atoms with van der Waals surface area (Å²) >= 11 is 0. The number of hydrogen-bond donors (Lipinski definition) is 1. The van der Waals surface area contributed by atoms with Crippen LogP contribution in [0.25, 0.3) is 21.7 Å². The molecule has 31 heavy (non-hydrogen) atoms. The lowest BCUT2D eigenvalue weighted by atomic mass is 10.0. The molecule has 7 nitrogen and oxygen atoms in total. The van der Waals surface area contributed by atoms with Crippen molar-refractivity contribution in [1.82, 2.24) is 5.32 Å². The molecule has 4 rings (SSSR count). The predicted molar refractivity (Wildman–Crippen MR) is 115 cm³/mol. The van der Waals surface area contributed by atoms with Gasteiger partial charge in [-0.1, -0.05) is 48.5 Å². The standard InChI is InChI=1S/C24H19NO6/c26-21(15-29-18-7-2-1-3-8-18)25-13-23(28)30-14-17-12-22(27)31-20-11-10-16-6-4-5-9-19(16)24(17)20/h1-12H,13-15H2,(H,25,26). The summed E-state index contributed by atoms with van der Waals surface area (Å²) in [5.74, 6) is -0.519. The highest BCUT2D eigenvalue weighted by Gasteiger charge is 2.13. The summed E-state index contributed by atoms with van der Waals surface area (Å²) in [6.45, 7) is -0.643. The Hall–Kier alpha value is -4.13. The van der Waals surface area contributed by atoms with E-state index < -0.39 is 17.5 Å². The van der Waals surface area contributed by atoms with E-state index in [9.17, 15) is 14.4 Å². The maximum absolute atomic E-state index is 12.1. The van der Waals surface area contributed by atoms with E-state index in [1.165, 1.54) is 6.07 Å². The van der Waals surface area contributed by atoms with Gasteiger partial charge in [-0.3, -0.25) is 9.59 Å². The SMILES string of the molecule is O=C(COc1ccccc1)NCC(=O)OCc1cc(=O)oc2ccc3ccccc3c12. The van der Waals surface area contributed by atoms with Gasteiger partial charge in [0.05, 0.1) is 0 Å². The Bertz CT molecular complexity index is 1300. The molecule has 1 amide bonds. The summed E-state index contributed by atoms with van der Waals surface area (Å²) in [4.78, 5) is 35.9. The van der Waals surface area contributed by atoms with E-state index >= 15 is 0 Å². The quantitative estimate of drug-likeness (QED) is 0.282. The molecular weight excluding hydrogens is 398 g/mol. The van der Waals surface area contributed by atoms with Crippen molar-refractivity contribution in [3.8, 4) is 5.75 Å². The molecule has 0 spiro atoms. The molecule has 1 N–H and O–H groups in total. The molecule has 0 atom stereocenters. The van der Waals surface area contributed by atoms with E-state index in [0.717, 1.165) is 10.8 Å². The second-order valence-corrected chi connectivity index (χ2v) is 6.79. The van der Waals surface area contributed by atoms with Crippen LogP contribution in [-0.2, 0) is 20.9 Å². The first kappa shape index (κ1) is 20.2. The van der Waals surface area contributed by atoms with Crippen LogP contribution >= 0.6 is 0 Å². The van der Waals surface area contributed by atoms with E-state index in [0.29, 0.717) is 22.3 Å². The van der Waals surface area contributed by atoms with Gasteiger partial charge in [-0.2, -0.15) is 0 Å². The van der Waals surface area contributed by atoms with Crippen LogP contribution < -0.4 is 15.7 Å². The first-order valence-electron chi connectivity index (χ1n) is 9.65. The van der Waals surface area contributed by atoms with Gasteiger partial charge in [0.1, 0.15) is 24.5 Å². The second-order valence-electron chi connectivity index (χ2n) is 6.79. The topological polar surface area (TPSA) is 94.8 Å². The molecule has 0 saturated heterocycles. The van der Waals surface area contributed by atoms with Gasteiger partial charge in [-0.25, -0.2) is 4.79 Å². The number of rotatable bonds is 7. The van der Waals surface area contributed by atoms with E-state index in [1.807, 2.05) is 36.4 Å². The lowest BCUT2D eigenvalue weighted by molar-refractivity contribution is -0.145. The maximum atomic E-state index is 12.1. The van der Waals surface area contributed by atoms with Crippen LogP contribution in [0.5, 0.6) is 5.75 Å². The minimum absolute atomic E-state index is 0.120. The molecule has 3 aromatic carbocycles. The fourth-order valence-corrected chi connectivity index (χ4v) is 3.23. The molecular formula is C24H19NO6. The summed E-state index contributed by atoms with van der Waals surface area (Å²) in [5, 5.41) is 5.03. The summed E-state index contributed by atoms with van der Waals surface area (Å²) in [7, 11) is 0. The van der Waals surface area contributed by atoms with Gasteiger partial charge in [0.15, 0.2) is 6.61 Å². The zero-order valence-corrected chi connectivity index (χ0v) is 16.5. The molecule has 156 valence electrons. The minimum Gasteiger partial charge on any atom is -0.484 e. The average Bonchev–Trinajstić information content (AvgIpc) is 2.80. The highest BCUT2D eigenvalue weighted by molar-refractivity contribution is 6.07. The number of esters is 1. The molecule has 1 heterocycles. The zero-order chi connectivity index (χ0) is 21.6. The van der Waals surface area contributed by atoms with E-state index in [-0.39, 0.29) is 19.8 Å². The third-order valence-corrected chi connectivity index (χ3v) is 4.65. The highest BCUT2D eigenvalue weighted by atomic mass is 16.5. The average molecular weight is 417 g/mol. The van der Waals surface area contributed by atoms with E-state index in [1.54, 1.807) is 30.3 Å². The molecule has 0 fully saturated rings. The minimum atomic E-state index is -0.630. The van der Waals surface area contributed by atoms with Crippen LogP contribution in [0.1, 0.15) is 5.56 Å². The van der Waals surface area contributed by atoms with Gasteiger partial charge >= 0.3 is 11.6 Å². The number of nitrogens with one attached hydrogen (secondary N) is 1. The van der Waals surface area contributed by atoms with Crippen LogP contribution in [-0.4, -0.2) is 25.0 Å². The van der Waals surface area contributed by atoms with Gasteiger partial charge in [0.2, 0.25) is 0 Å². The number of fused-ring (bicyclic) bond motifs is 3. The zero-order valence-electron chi connectivity index (χ0n) is 16.5. The van der Waals surface area contributed by atoms with Crippen LogP contribution in [0.4, 0.5) is 0 Å². The lowest BCUT2D eigenvalue weighted by Crippen LogP contribution is -2.34. The van der Waals surface area contributed by atoms with Crippen molar-refractivity contribution in [3.05, 3.63) is 88.8 Å². The molecule has 1 aromatic heterocycles. The Balaban J connectivity index is 1.38. The molecule has 7 heteroatoms. The molecule has 4 aromatic rings. The Labute approximate surface area is 177 Å². The van der Waals surface area contributed by atoms with Gasteiger partial charge in [-0.05, 0) is 29.0 Å². The third kappa shape index (κ3) is 4.90. The summed E-state index contributed by atoms with van der Waals surface area (Å²) in [6, 6.07) is 21.4. The fraction of sp³-hybridized carbons (Fsp3) is 0.125. The number of ether oxygens (including phenoxy) is 2. The first-order valence-corrected chi connectivity index (χ1v) is 9.65. The number of amides is 1. The Morgan fingerprint density at radius 2 is 1.71 bits per heavy atom. The normalized spacial score (nSPS) is 10.7. The molecule has 0 aliphatic carbocycles. The summed E-state index contributed by atoms with van der Waals surface area (Å²) in [6.07, 6.45) is 0. The number of para-hydroxylation sites is 1. The van der Waals surface area contributed by atoms with E-state index in [4.69, 9.17) is 13.9 Å². The first-order chi connectivity index (χ1) is 15.1. The van der Waals surface area contributed by atoms with Crippen molar-refractivity contribution < 1.29 is 23.5 Å². The van der Waals surface area contributed by atoms with Crippen molar-refractivity contribution in [2.24, 2.45) is 0 Å². The van der Waals surface area contributed by atoms with Crippen LogP contribution in [0.15, 0.2) is 82.0 Å². The van der Waals surface area contributed by atoms with Gasteiger partial charge in [-0.15, -0.1) is 0 Å². The fourth-order valence-electron chi connectivity index (χ4n) is 3.23. The van der Waals surface area contributed by atoms with Crippen molar-refractivity contribution in [2.75, 3.05) is 13.2 Å². The third-order valence-electron chi connectivity index (χ3n) is 4.65.